The summed E-state index contributed by atoms with van der Waals surface area (Å²) in [5.74, 6) is -1.59. The van der Waals surface area contributed by atoms with Crippen molar-refractivity contribution >= 4 is 31.9 Å². The zero-order valence-electron chi connectivity index (χ0n) is 11.9. The first-order valence-corrected chi connectivity index (χ1v) is 8.99. The second-order valence-electron chi connectivity index (χ2n) is 5.38. The van der Waals surface area contributed by atoms with Gasteiger partial charge in [-0.05, 0) is 60.3 Å². The molecule has 116 valence electrons. The normalized spacial score (nSPS) is 24.0. The van der Waals surface area contributed by atoms with Gasteiger partial charge in [0.1, 0.15) is 0 Å². The van der Waals surface area contributed by atoms with Gasteiger partial charge in [0.15, 0.2) is 0 Å². The highest BCUT2D eigenvalue weighted by Crippen LogP contribution is 2.32. The minimum Gasteiger partial charge on any atom is -0.481 e. The number of aryl methyl sites for hydroxylation is 1. The lowest BCUT2D eigenvalue weighted by atomic mass is 9.92. The molecule has 0 amide bonds. The zero-order valence-corrected chi connectivity index (χ0v) is 14.3. The van der Waals surface area contributed by atoms with Crippen molar-refractivity contribution in [2.75, 3.05) is 6.54 Å². The van der Waals surface area contributed by atoms with Crippen molar-refractivity contribution in [2.24, 2.45) is 5.92 Å². The maximum absolute atomic E-state index is 12.8. The number of hydrogen-bond acceptors (Lipinski definition) is 3. The molecule has 0 spiro atoms. The van der Waals surface area contributed by atoms with Gasteiger partial charge in [-0.1, -0.05) is 6.07 Å². The number of nitrogens with zero attached hydrogens (tertiary/aromatic N) is 1. The van der Waals surface area contributed by atoms with Crippen LogP contribution in [0.1, 0.15) is 25.3 Å². The van der Waals surface area contributed by atoms with Gasteiger partial charge in [-0.2, -0.15) is 4.31 Å². The average Bonchev–Trinajstić information content (AvgIpc) is 2.37. The minimum atomic E-state index is -3.70. The lowest BCUT2D eigenvalue weighted by Gasteiger charge is -2.36. The lowest BCUT2D eigenvalue weighted by Crippen LogP contribution is -2.49. The highest BCUT2D eigenvalue weighted by atomic mass is 79.9. The van der Waals surface area contributed by atoms with Crippen LogP contribution in [0.25, 0.3) is 0 Å². The van der Waals surface area contributed by atoms with Crippen molar-refractivity contribution in [2.45, 2.75) is 37.6 Å². The molecule has 2 atom stereocenters. The number of carbonyl (C=O) groups is 1. The predicted molar refractivity (Wildman–Crippen MR) is 82.6 cm³/mol. The Morgan fingerprint density at radius 1 is 1.43 bits per heavy atom. The maximum atomic E-state index is 12.8. The summed E-state index contributed by atoms with van der Waals surface area (Å²) in [6.45, 7) is 3.90. The van der Waals surface area contributed by atoms with Crippen LogP contribution in [0.5, 0.6) is 0 Å². The van der Waals surface area contributed by atoms with Gasteiger partial charge < -0.3 is 5.11 Å². The third-order valence-corrected chi connectivity index (χ3v) is 6.88. The van der Waals surface area contributed by atoms with E-state index in [9.17, 15) is 18.3 Å². The zero-order chi connectivity index (χ0) is 15.8. The lowest BCUT2D eigenvalue weighted by molar-refractivity contribution is -0.144. The second-order valence-corrected chi connectivity index (χ2v) is 8.09. The molecule has 0 bridgehead atoms. The first-order chi connectivity index (χ1) is 9.75. The minimum absolute atomic E-state index is 0.186. The predicted octanol–water partition coefficient (Wildman–Crippen LogP) is 2.63. The number of rotatable bonds is 3. The molecule has 7 heteroatoms. The monoisotopic (exact) mass is 375 g/mol. The number of hydrogen-bond donors (Lipinski definition) is 1. The summed E-state index contributed by atoms with van der Waals surface area (Å²) in [4.78, 5) is 11.4. The van der Waals surface area contributed by atoms with Crippen LogP contribution in [0.4, 0.5) is 0 Å². The van der Waals surface area contributed by atoms with Gasteiger partial charge in [-0.3, -0.25) is 4.79 Å². The van der Waals surface area contributed by atoms with Gasteiger partial charge in [0.2, 0.25) is 10.0 Å². The Kier molecular flexibility index (Phi) is 4.75. The van der Waals surface area contributed by atoms with Crippen LogP contribution in [0.3, 0.4) is 0 Å². The first kappa shape index (κ1) is 16.5. The van der Waals surface area contributed by atoms with Crippen LogP contribution in [0, 0.1) is 12.8 Å². The van der Waals surface area contributed by atoms with Crippen LogP contribution >= 0.6 is 15.9 Å². The standard InChI is InChI=1S/C14H18BrNO4S/c1-9-5-6-13(12(15)8-9)21(19,20)16-7-3-4-11(10(16)2)14(17)18/h5-6,8,10-11H,3-4,7H2,1-2H3,(H,17,18)/t10-,11-/m1/s1. The largest absolute Gasteiger partial charge is 0.481 e. The quantitative estimate of drug-likeness (QED) is 0.880. The highest BCUT2D eigenvalue weighted by Gasteiger charge is 2.40. The van der Waals surface area contributed by atoms with Crippen LogP contribution in [0.15, 0.2) is 27.6 Å². The van der Waals surface area contributed by atoms with Crippen molar-refractivity contribution in [3.63, 3.8) is 0 Å². The fraction of sp³-hybridized carbons (Fsp3) is 0.500. The average molecular weight is 376 g/mol. The van der Waals surface area contributed by atoms with Crippen LogP contribution < -0.4 is 0 Å². The van der Waals surface area contributed by atoms with E-state index in [2.05, 4.69) is 15.9 Å². The van der Waals surface area contributed by atoms with Crippen LogP contribution in [0.2, 0.25) is 0 Å². The van der Waals surface area contributed by atoms with Crippen molar-refractivity contribution in [1.82, 2.24) is 4.31 Å². The van der Waals surface area contributed by atoms with E-state index in [1.54, 1.807) is 25.1 Å². The molecule has 1 fully saturated rings. The molecule has 1 saturated heterocycles. The fourth-order valence-electron chi connectivity index (χ4n) is 2.72. The Labute approximate surface area is 133 Å². The fourth-order valence-corrected chi connectivity index (χ4v) is 5.58. The summed E-state index contributed by atoms with van der Waals surface area (Å²) < 4.78 is 27.4. The van der Waals surface area contributed by atoms with Crippen molar-refractivity contribution in [3.05, 3.63) is 28.2 Å². The number of aliphatic carboxylic acids is 1. The smallest absolute Gasteiger partial charge is 0.308 e. The molecular weight excluding hydrogens is 358 g/mol. The molecular formula is C14H18BrNO4S. The van der Waals surface area contributed by atoms with Gasteiger partial charge in [0.05, 0.1) is 10.8 Å². The molecule has 0 aromatic heterocycles. The van der Waals surface area contributed by atoms with Gasteiger partial charge >= 0.3 is 5.97 Å². The van der Waals surface area contributed by atoms with E-state index in [0.29, 0.717) is 23.9 Å². The molecule has 0 saturated carbocycles. The summed E-state index contributed by atoms with van der Waals surface area (Å²) in [5.41, 5.74) is 0.955. The van der Waals surface area contributed by atoms with Crippen molar-refractivity contribution in [1.29, 1.82) is 0 Å². The summed E-state index contributed by atoms with van der Waals surface area (Å²) >= 11 is 3.29. The van der Waals surface area contributed by atoms with E-state index in [1.807, 2.05) is 6.92 Å². The molecule has 1 aromatic carbocycles. The van der Waals surface area contributed by atoms with Gasteiger partial charge in [0.25, 0.3) is 0 Å². The number of piperidine rings is 1. The molecule has 1 aromatic rings. The summed E-state index contributed by atoms with van der Waals surface area (Å²) in [6, 6.07) is 4.50. The number of carboxylic acids is 1. The van der Waals surface area contributed by atoms with E-state index in [1.165, 1.54) is 4.31 Å². The Morgan fingerprint density at radius 3 is 2.67 bits per heavy atom. The summed E-state index contributed by atoms with van der Waals surface area (Å²) in [7, 11) is -3.70. The Bertz CT molecular complexity index is 659. The number of halogens is 1. The number of carboxylic acid groups (broad SMARTS) is 1. The van der Waals surface area contributed by atoms with Crippen LogP contribution in [-0.4, -0.2) is 36.4 Å². The van der Waals surface area contributed by atoms with E-state index >= 15 is 0 Å². The van der Waals surface area contributed by atoms with E-state index in [-0.39, 0.29) is 4.90 Å². The van der Waals surface area contributed by atoms with Crippen molar-refractivity contribution in [3.8, 4) is 0 Å². The topological polar surface area (TPSA) is 74.7 Å². The van der Waals surface area contributed by atoms with Gasteiger partial charge in [-0.25, -0.2) is 8.42 Å². The summed E-state index contributed by atoms with van der Waals surface area (Å²) in [6.07, 6.45) is 1.07. The molecule has 1 N–H and O–H groups in total. The molecule has 21 heavy (non-hydrogen) atoms. The first-order valence-electron chi connectivity index (χ1n) is 6.76. The molecule has 2 rings (SSSR count). The maximum Gasteiger partial charge on any atom is 0.308 e. The van der Waals surface area contributed by atoms with Gasteiger partial charge in [0, 0.05) is 17.1 Å². The third kappa shape index (κ3) is 3.14. The molecule has 1 aliphatic heterocycles. The van der Waals surface area contributed by atoms with Gasteiger partial charge in [-0.15, -0.1) is 0 Å². The SMILES string of the molecule is Cc1ccc(S(=O)(=O)N2CCC[C@@H](C(=O)O)[C@H]2C)c(Br)c1. The Balaban J connectivity index is 2.41. The van der Waals surface area contributed by atoms with E-state index in [0.717, 1.165) is 5.56 Å². The second kappa shape index (κ2) is 6.06. The summed E-state index contributed by atoms with van der Waals surface area (Å²) in [5, 5.41) is 9.22. The molecule has 0 aliphatic carbocycles. The molecule has 0 radical (unpaired) electrons. The van der Waals surface area contributed by atoms with Crippen molar-refractivity contribution < 1.29 is 18.3 Å². The Hall–Kier alpha value is -0.920. The number of sulfonamides is 1. The Morgan fingerprint density at radius 2 is 2.10 bits per heavy atom. The van der Waals surface area contributed by atoms with Crippen LogP contribution in [-0.2, 0) is 14.8 Å². The third-order valence-electron chi connectivity index (χ3n) is 3.92. The van der Waals surface area contributed by atoms with E-state index < -0.39 is 28.0 Å². The van der Waals surface area contributed by atoms with E-state index in [4.69, 9.17) is 0 Å². The highest BCUT2D eigenvalue weighted by molar-refractivity contribution is 9.10. The molecule has 0 unspecified atom stereocenters. The molecule has 1 heterocycles. The number of benzene rings is 1. The molecule has 5 nitrogen and oxygen atoms in total. The molecule has 1 aliphatic rings.